The minimum absolute atomic E-state index is 0.0549. The molecule has 1 aromatic rings. The van der Waals surface area contributed by atoms with Crippen molar-refractivity contribution in [2.75, 3.05) is 39.3 Å². The smallest absolute Gasteiger partial charge is 0.320 e. The number of hydrogen-bond acceptors (Lipinski definition) is 6. The molecule has 1 saturated heterocycles. The average molecular weight is 363 g/mol. The Kier molecular flexibility index (Phi) is 7.11. The molecule has 26 heavy (non-hydrogen) atoms. The van der Waals surface area contributed by atoms with Gasteiger partial charge in [0.05, 0.1) is 6.54 Å². The summed E-state index contributed by atoms with van der Waals surface area (Å²) >= 11 is 0. The minimum Gasteiger partial charge on any atom is -0.484 e. The lowest BCUT2D eigenvalue weighted by atomic mass is 10.1. The fourth-order valence-electron chi connectivity index (χ4n) is 2.77. The monoisotopic (exact) mass is 363 g/mol. The summed E-state index contributed by atoms with van der Waals surface area (Å²) in [5.74, 6) is -0.467. The number of nitrogens with zero attached hydrogens (tertiary/aromatic N) is 2. The second-order valence-corrected chi connectivity index (χ2v) is 6.44. The van der Waals surface area contributed by atoms with Crippen LogP contribution in [0.5, 0.6) is 5.75 Å². The van der Waals surface area contributed by atoms with Crippen LogP contribution in [0.2, 0.25) is 0 Å². The van der Waals surface area contributed by atoms with Gasteiger partial charge in [-0.15, -0.1) is 0 Å². The van der Waals surface area contributed by atoms with E-state index in [0.717, 1.165) is 5.56 Å². The Hall–Kier alpha value is -2.45. The van der Waals surface area contributed by atoms with Gasteiger partial charge in [0.2, 0.25) is 0 Å². The third-order valence-electron chi connectivity index (χ3n) is 4.23. The molecule has 1 aliphatic heterocycles. The quantitative estimate of drug-likeness (QED) is 0.655. The molecule has 8 nitrogen and oxygen atoms in total. The number of benzene rings is 1. The van der Waals surface area contributed by atoms with Crippen LogP contribution < -0.4 is 10.5 Å². The van der Waals surface area contributed by atoms with Crippen molar-refractivity contribution in [1.82, 2.24) is 9.80 Å². The maximum absolute atomic E-state index is 12.2. The second kappa shape index (κ2) is 9.30. The molecule has 0 spiro atoms. The molecule has 0 aromatic heterocycles. The summed E-state index contributed by atoms with van der Waals surface area (Å²) in [7, 11) is 0. The van der Waals surface area contributed by atoms with Gasteiger partial charge >= 0.3 is 5.97 Å². The second-order valence-electron chi connectivity index (χ2n) is 6.44. The standard InChI is InChI=1S/C18H25N3O5/c1-13(22)11-20-6-8-21(9-7-20)17(23)12-26-15-4-2-14(3-5-15)10-16(19)18(24)25/h2-5,16H,6-12,19H2,1H3,(H,24,25)/t16-/m0/s1. The van der Waals surface area contributed by atoms with Crippen LogP contribution >= 0.6 is 0 Å². The number of ketones is 1. The van der Waals surface area contributed by atoms with Crippen LogP contribution in [0, 0.1) is 0 Å². The summed E-state index contributed by atoms with van der Waals surface area (Å²) in [5, 5.41) is 8.81. The number of carboxylic acids is 1. The first kappa shape index (κ1) is 19.9. The first-order valence-electron chi connectivity index (χ1n) is 8.55. The number of aliphatic carboxylic acids is 1. The Morgan fingerprint density at radius 1 is 1.15 bits per heavy atom. The van der Waals surface area contributed by atoms with Crippen LogP contribution in [0.25, 0.3) is 0 Å². The third kappa shape index (κ3) is 6.12. The van der Waals surface area contributed by atoms with Crippen molar-refractivity contribution in [3.05, 3.63) is 29.8 Å². The molecule has 1 aromatic carbocycles. The number of amides is 1. The Morgan fingerprint density at radius 3 is 2.31 bits per heavy atom. The van der Waals surface area contributed by atoms with Crippen LogP contribution in [-0.2, 0) is 20.8 Å². The number of rotatable bonds is 8. The van der Waals surface area contributed by atoms with E-state index in [1.807, 2.05) is 4.90 Å². The van der Waals surface area contributed by atoms with E-state index >= 15 is 0 Å². The van der Waals surface area contributed by atoms with Gasteiger partial charge in [-0.25, -0.2) is 0 Å². The van der Waals surface area contributed by atoms with Crippen molar-refractivity contribution < 1.29 is 24.2 Å². The van der Waals surface area contributed by atoms with E-state index in [-0.39, 0.29) is 24.7 Å². The van der Waals surface area contributed by atoms with Crippen LogP contribution in [0.3, 0.4) is 0 Å². The fourth-order valence-corrected chi connectivity index (χ4v) is 2.77. The van der Waals surface area contributed by atoms with Crippen LogP contribution in [-0.4, -0.2) is 77.9 Å². The molecule has 1 heterocycles. The number of ether oxygens (including phenoxy) is 1. The normalized spacial score (nSPS) is 16.2. The lowest BCUT2D eigenvalue weighted by Gasteiger charge is -2.34. The van der Waals surface area contributed by atoms with Gasteiger partial charge in [-0.1, -0.05) is 12.1 Å². The molecular weight excluding hydrogens is 338 g/mol. The average Bonchev–Trinajstić information content (AvgIpc) is 2.61. The predicted octanol–water partition coefficient (Wildman–Crippen LogP) is -0.247. The van der Waals surface area contributed by atoms with Crippen LogP contribution in [0.1, 0.15) is 12.5 Å². The van der Waals surface area contributed by atoms with Gasteiger partial charge < -0.3 is 20.5 Å². The first-order valence-corrected chi connectivity index (χ1v) is 8.55. The summed E-state index contributed by atoms with van der Waals surface area (Å²) in [5.41, 5.74) is 6.29. The number of nitrogens with two attached hydrogens (primary N) is 1. The van der Waals surface area contributed by atoms with Gasteiger partial charge in [-0.3, -0.25) is 19.3 Å². The molecule has 2 rings (SSSR count). The van der Waals surface area contributed by atoms with Crippen LogP contribution in [0.15, 0.2) is 24.3 Å². The largest absolute Gasteiger partial charge is 0.484 e. The highest BCUT2D eigenvalue weighted by Gasteiger charge is 2.21. The number of carboxylic acid groups (broad SMARTS) is 1. The lowest BCUT2D eigenvalue weighted by molar-refractivity contribution is -0.138. The number of carbonyl (C=O) groups excluding carboxylic acids is 2. The van der Waals surface area contributed by atoms with E-state index < -0.39 is 12.0 Å². The number of carbonyl (C=O) groups is 3. The molecule has 0 unspecified atom stereocenters. The van der Waals surface area contributed by atoms with E-state index in [9.17, 15) is 14.4 Å². The Balaban J connectivity index is 1.75. The summed E-state index contributed by atoms with van der Waals surface area (Å²) in [6.45, 7) is 4.47. The highest BCUT2D eigenvalue weighted by molar-refractivity contribution is 5.78. The number of Topliss-reactive ketones (excluding diaryl/α,β-unsaturated/α-hetero) is 1. The SMILES string of the molecule is CC(=O)CN1CCN(C(=O)COc2ccc(C[C@H](N)C(=O)O)cc2)CC1. The third-order valence-corrected chi connectivity index (χ3v) is 4.23. The van der Waals surface area contributed by atoms with Crippen molar-refractivity contribution in [1.29, 1.82) is 0 Å². The lowest BCUT2D eigenvalue weighted by Crippen LogP contribution is -2.50. The van der Waals surface area contributed by atoms with Gasteiger partial charge in [0.15, 0.2) is 6.61 Å². The zero-order valence-corrected chi connectivity index (χ0v) is 14.9. The van der Waals surface area contributed by atoms with E-state index in [1.54, 1.807) is 36.1 Å². The molecule has 1 atom stereocenters. The highest BCUT2D eigenvalue weighted by atomic mass is 16.5. The topological polar surface area (TPSA) is 113 Å². The summed E-state index contributed by atoms with van der Waals surface area (Å²) in [6, 6.07) is 5.93. The van der Waals surface area contributed by atoms with Gasteiger partial charge in [0.1, 0.15) is 17.6 Å². The summed E-state index contributed by atoms with van der Waals surface area (Å²) < 4.78 is 5.51. The van der Waals surface area contributed by atoms with E-state index in [1.165, 1.54) is 0 Å². The van der Waals surface area contributed by atoms with Gasteiger partial charge in [-0.05, 0) is 31.0 Å². The first-order chi connectivity index (χ1) is 12.3. The van der Waals surface area contributed by atoms with Gasteiger partial charge in [0, 0.05) is 26.2 Å². The van der Waals surface area contributed by atoms with Crippen molar-refractivity contribution in [2.24, 2.45) is 5.73 Å². The molecular formula is C18H25N3O5. The molecule has 8 heteroatoms. The summed E-state index contributed by atoms with van der Waals surface area (Å²) in [4.78, 5) is 37.9. The zero-order valence-electron chi connectivity index (χ0n) is 14.9. The zero-order chi connectivity index (χ0) is 19.1. The van der Waals surface area contributed by atoms with Gasteiger partial charge in [-0.2, -0.15) is 0 Å². The molecule has 1 aliphatic rings. The number of hydrogen-bond donors (Lipinski definition) is 2. The molecule has 0 radical (unpaired) electrons. The molecule has 0 saturated carbocycles. The van der Waals surface area contributed by atoms with Crippen molar-refractivity contribution in [2.45, 2.75) is 19.4 Å². The van der Waals surface area contributed by atoms with Gasteiger partial charge in [0.25, 0.3) is 5.91 Å². The molecule has 0 aliphatic carbocycles. The maximum atomic E-state index is 12.2. The molecule has 1 fully saturated rings. The van der Waals surface area contributed by atoms with E-state index in [0.29, 0.717) is 38.5 Å². The van der Waals surface area contributed by atoms with Crippen LogP contribution in [0.4, 0.5) is 0 Å². The van der Waals surface area contributed by atoms with E-state index in [4.69, 9.17) is 15.6 Å². The highest BCUT2D eigenvalue weighted by Crippen LogP contribution is 2.14. The maximum Gasteiger partial charge on any atom is 0.320 e. The molecule has 142 valence electrons. The molecule has 1 amide bonds. The van der Waals surface area contributed by atoms with Crippen molar-refractivity contribution in [3.8, 4) is 5.75 Å². The molecule has 3 N–H and O–H groups in total. The molecule has 0 bridgehead atoms. The van der Waals surface area contributed by atoms with Crippen molar-refractivity contribution in [3.63, 3.8) is 0 Å². The Bertz CT molecular complexity index is 639. The van der Waals surface area contributed by atoms with E-state index in [2.05, 4.69) is 0 Å². The Morgan fingerprint density at radius 2 is 1.77 bits per heavy atom. The summed E-state index contributed by atoms with van der Waals surface area (Å²) in [6.07, 6.45) is 0.235. The minimum atomic E-state index is -1.04. The predicted molar refractivity (Wildman–Crippen MR) is 95.0 cm³/mol. The fraction of sp³-hybridized carbons (Fsp3) is 0.500. The Labute approximate surface area is 152 Å². The van der Waals surface area contributed by atoms with Crippen molar-refractivity contribution >= 4 is 17.7 Å². The number of piperazine rings is 1.